The van der Waals surface area contributed by atoms with Gasteiger partial charge in [-0.3, -0.25) is 14.5 Å². The van der Waals surface area contributed by atoms with Gasteiger partial charge >= 0.3 is 5.97 Å². The number of benzene rings is 1. The molecule has 25 heavy (non-hydrogen) atoms. The molecule has 0 aromatic heterocycles. The van der Waals surface area contributed by atoms with Crippen LogP contribution in [-0.2, 0) is 20.9 Å². The third-order valence-electron chi connectivity index (χ3n) is 4.17. The summed E-state index contributed by atoms with van der Waals surface area (Å²) in [6.45, 7) is 3.39. The van der Waals surface area contributed by atoms with Crippen molar-refractivity contribution in [3.8, 4) is 5.75 Å². The van der Waals surface area contributed by atoms with Crippen molar-refractivity contribution >= 4 is 17.8 Å². The summed E-state index contributed by atoms with van der Waals surface area (Å²) in [7, 11) is 0. The third-order valence-corrected chi connectivity index (χ3v) is 4.17. The summed E-state index contributed by atoms with van der Waals surface area (Å²) in [5.41, 5.74) is 6.29. The summed E-state index contributed by atoms with van der Waals surface area (Å²) < 4.78 is 5.32. The van der Waals surface area contributed by atoms with Crippen LogP contribution in [0.3, 0.4) is 0 Å². The molecule has 1 atom stereocenters. The first-order valence-electron chi connectivity index (χ1n) is 8.06. The summed E-state index contributed by atoms with van der Waals surface area (Å²) in [6, 6.07) is 7.18. The fraction of sp³-hybridized carbons (Fsp3) is 0.471. The second-order valence-electron chi connectivity index (χ2n) is 6.09. The summed E-state index contributed by atoms with van der Waals surface area (Å²) in [4.78, 5) is 37.7. The zero-order valence-electron chi connectivity index (χ0n) is 14.2. The van der Waals surface area contributed by atoms with Crippen molar-refractivity contribution in [1.29, 1.82) is 0 Å². The average Bonchev–Trinajstić information content (AvgIpc) is 2.77. The average molecular weight is 349 g/mol. The van der Waals surface area contributed by atoms with E-state index < -0.39 is 24.4 Å². The molecule has 2 amide bonds. The van der Waals surface area contributed by atoms with E-state index >= 15 is 0 Å². The second kappa shape index (κ2) is 8.48. The molecule has 1 heterocycles. The largest absolute Gasteiger partial charge is 0.482 e. The van der Waals surface area contributed by atoms with Crippen LogP contribution in [0.1, 0.15) is 12.5 Å². The highest BCUT2D eigenvalue weighted by Crippen LogP contribution is 2.21. The number of nitrogens with zero attached hydrogens (tertiary/aromatic N) is 2. The Morgan fingerprint density at radius 3 is 2.60 bits per heavy atom. The predicted octanol–water partition coefficient (Wildman–Crippen LogP) is -0.0844. The zero-order chi connectivity index (χ0) is 18.4. The lowest BCUT2D eigenvalue weighted by Crippen LogP contribution is -2.39. The SMILES string of the molecule is CC(=O)N1CCN(Cc2ccccc2OCC(=O)O)CC(C(N)=O)C1. The molecule has 2 rings (SSSR count). The zero-order valence-corrected chi connectivity index (χ0v) is 14.2. The number of carboxylic acid groups (broad SMARTS) is 1. The lowest BCUT2D eigenvalue weighted by Gasteiger charge is -2.23. The number of nitrogens with two attached hydrogens (primary N) is 1. The Bertz CT molecular complexity index is 649. The number of rotatable bonds is 6. The maximum Gasteiger partial charge on any atom is 0.341 e. The maximum absolute atomic E-state index is 11.7. The molecule has 0 bridgehead atoms. The van der Waals surface area contributed by atoms with E-state index in [1.54, 1.807) is 17.0 Å². The summed E-state index contributed by atoms with van der Waals surface area (Å²) in [5, 5.41) is 8.78. The van der Waals surface area contributed by atoms with Gasteiger partial charge in [-0.2, -0.15) is 0 Å². The Balaban J connectivity index is 2.12. The Labute approximate surface area is 146 Å². The number of aliphatic carboxylic acids is 1. The highest BCUT2D eigenvalue weighted by Gasteiger charge is 2.28. The van der Waals surface area contributed by atoms with Crippen LogP contribution in [-0.4, -0.2) is 65.5 Å². The molecule has 8 heteroatoms. The van der Waals surface area contributed by atoms with Crippen LogP contribution < -0.4 is 10.5 Å². The monoisotopic (exact) mass is 349 g/mol. The number of carbonyl (C=O) groups excluding carboxylic acids is 2. The van der Waals surface area contributed by atoms with Gasteiger partial charge < -0.3 is 20.5 Å². The van der Waals surface area contributed by atoms with Gasteiger partial charge in [0.1, 0.15) is 5.75 Å². The molecule has 0 spiro atoms. The number of ether oxygens (including phenoxy) is 1. The summed E-state index contributed by atoms with van der Waals surface area (Å²) in [6.07, 6.45) is 0. The number of primary amides is 1. The van der Waals surface area contributed by atoms with Crippen LogP contribution in [0, 0.1) is 5.92 Å². The van der Waals surface area contributed by atoms with Gasteiger partial charge in [0.05, 0.1) is 5.92 Å². The number of carbonyl (C=O) groups is 3. The standard InChI is InChI=1S/C17H23N3O5/c1-12(21)20-7-6-19(9-14(10-20)17(18)24)8-13-4-2-3-5-15(13)25-11-16(22)23/h2-5,14H,6-11H2,1H3,(H2,18,24)(H,22,23). The molecule has 0 aliphatic carbocycles. The highest BCUT2D eigenvalue weighted by atomic mass is 16.5. The topological polar surface area (TPSA) is 113 Å². The molecule has 3 N–H and O–H groups in total. The van der Waals surface area contributed by atoms with Crippen molar-refractivity contribution in [2.45, 2.75) is 13.5 Å². The summed E-state index contributed by atoms with van der Waals surface area (Å²) >= 11 is 0. The van der Waals surface area contributed by atoms with Gasteiger partial charge in [-0.25, -0.2) is 4.79 Å². The van der Waals surface area contributed by atoms with E-state index in [9.17, 15) is 14.4 Å². The molecule has 136 valence electrons. The molecule has 1 aromatic carbocycles. The smallest absolute Gasteiger partial charge is 0.341 e. The van der Waals surface area contributed by atoms with E-state index in [4.69, 9.17) is 15.6 Å². The van der Waals surface area contributed by atoms with E-state index in [1.165, 1.54) is 6.92 Å². The fourth-order valence-corrected chi connectivity index (χ4v) is 2.85. The molecule has 8 nitrogen and oxygen atoms in total. The van der Waals surface area contributed by atoms with Gasteiger partial charge in [0.2, 0.25) is 11.8 Å². The van der Waals surface area contributed by atoms with Gasteiger partial charge in [-0.15, -0.1) is 0 Å². The van der Waals surface area contributed by atoms with Crippen LogP contribution in [0.4, 0.5) is 0 Å². The van der Waals surface area contributed by atoms with Gasteiger partial charge in [0, 0.05) is 45.2 Å². The lowest BCUT2D eigenvalue weighted by molar-refractivity contribution is -0.139. The molecular weight excluding hydrogens is 326 g/mol. The summed E-state index contributed by atoms with van der Waals surface area (Å²) in [5.74, 6) is -1.52. The minimum atomic E-state index is -1.05. The van der Waals surface area contributed by atoms with Gasteiger partial charge in [0.25, 0.3) is 0 Å². The maximum atomic E-state index is 11.7. The third kappa shape index (κ3) is 5.46. The van der Waals surface area contributed by atoms with Crippen LogP contribution in [0.5, 0.6) is 5.75 Å². The molecule has 1 fully saturated rings. The Morgan fingerprint density at radius 2 is 1.96 bits per heavy atom. The predicted molar refractivity (Wildman–Crippen MR) is 89.8 cm³/mol. The van der Waals surface area contributed by atoms with Crippen molar-refractivity contribution in [2.24, 2.45) is 11.7 Å². The molecule has 0 radical (unpaired) electrons. The first-order chi connectivity index (χ1) is 11.9. The first kappa shape index (κ1) is 18.7. The van der Waals surface area contributed by atoms with Crippen molar-refractivity contribution in [3.05, 3.63) is 29.8 Å². The van der Waals surface area contributed by atoms with Crippen molar-refractivity contribution in [3.63, 3.8) is 0 Å². The number of hydrogen-bond donors (Lipinski definition) is 2. The van der Waals surface area contributed by atoms with Crippen LogP contribution in [0.25, 0.3) is 0 Å². The number of amides is 2. The van der Waals surface area contributed by atoms with E-state index in [-0.39, 0.29) is 5.91 Å². The van der Waals surface area contributed by atoms with Crippen LogP contribution in [0.2, 0.25) is 0 Å². The fourth-order valence-electron chi connectivity index (χ4n) is 2.85. The first-order valence-corrected chi connectivity index (χ1v) is 8.06. The molecule has 1 unspecified atom stereocenters. The van der Waals surface area contributed by atoms with Crippen molar-refractivity contribution < 1.29 is 24.2 Å². The molecular formula is C17H23N3O5. The molecule has 1 aliphatic rings. The highest BCUT2D eigenvalue weighted by molar-refractivity contribution is 5.79. The number of para-hydroxylation sites is 1. The van der Waals surface area contributed by atoms with Crippen LogP contribution >= 0.6 is 0 Å². The van der Waals surface area contributed by atoms with Crippen LogP contribution in [0.15, 0.2) is 24.3 Å². The van der Waals surface area contributed by atoms with E-state index in [2.05, 4.69) is 0 Å². The normalized spacial score (nSPS) is 18.4. The molecule has 1 aliphatic heterocycles. The van der Waals surface area contributed by atoms with Crippen molar-refractivity contribution in [1.82, 2.24) is 9.80 Å². The lowest BCUT2D eigenvalue weighted by atomic mass is 10.1. The van der Waals surface area contributed by atoms with Gasteiger partial charge in [0.15, 0.2) is 6.61 Å². The number of carboxylic acids is 1. The van der Waals surface area contributed by atoms with E-state index in [0.717, 1.165) is 5.56 Å². The van der Waals surface area contributed by atoms with Gasteiger partial charge in [-0.1, -0.05) is 18.2 Å². The van der Waals surface area contributed by atoms with E-state index in [0.29, 0.717) is 38.5 Å². The Hall–Kier alpha value is -2.61. The van der Waals surface area contributed by atoms with Gasteiger partial charge in [-0.05, 0) is 6.07 Å². The Kier molecular flexibility index (Phi) is 6.35. The minimum absolute atomic E-state index is 0.0849. The molecule has 1 aromatic rings. The molecule has 0 saturated carbocycles. The van der Waals surface area contributed by atoms with E-state index in [1.807, 2.05) is 17.0 Å². The van der Waals surface area contributed by atoms with Crippen molar-refractivity contribution in [2.75, 3.05) is 32.8 Å². The second-order valence-corrected chi connectivity index (χ2v) is 6.09. The minimum Gasteiger partial charge on any atom is -0.482 e. The number of hydrogen-bond acceptors (Lipinski definition) is 5. The quantitative estimate of drug-likeness (QED) is 0.742. The molecule has 1 saturated heterocycles. The Morgan fingerprint density at radius 1 is 1.24 bits per heavy atom.